The van der Waals surface area contributed by atoms with Gasteiger partial charge < -0.3 is 15.0 Å². The predicted molar refractivity (Wildman–Crippen MR) is 120 cm³/mol. The Morgan fingerprint density at radius 1 is 1.03 bits per heavy atom. The summed E-state index contributed by atoms with van der Waals surface area (Å²) in [5, 5.41) is 2.84. The molecule has 1 atom stereocenters. The Bertz CT molecular complexity index is 1020. The second-order valence-electron chi connectivity index (χ2n) is 6.98. The summed E-state index contributed by atoms with van der Waals surface area (Å²) < 4.78 is 5.13. The van der Waals surface area contributed by atoms with E-state index in [4.69, 9.17) is 4.74 Å². The molecule has 3 aromatic carbocycles. The second kappa shape index (κ2) is 9.05. The summed E-state index contributed by atoms with van der Waals surface area (Å²) in [5.41, 5.74) is 3.39. The topological polar surface area (TPSA) is 58.6 Å². The average molecular weight is 419 g/mol. The van der Waals surface area contributed by atoms with Crippen LogP contribution in [0, 0.1) is 0 Å². The fraction of sp³-hybridized carbons (Fsp3) is 0.167. The maximum absolute atomic E-state index is 12.5. The van der Waals surface area contributed by atoms with E-state index in [1.165, 1.54) is 0 Å². The number of amides is 2. The Morgan fingerprint density at radius 2 is 1.73 bits per heavy atom. The van der Waals surface area contributed by atoms with Crippen LogP contribution in [0.2, 0.25) is 0 Å². The van der Waals surface area contributed by atoms with Crippen molar-refractivity contribution in [1.82, 2.24) is 4.90 Å². The largest absolute Gasteiger partial charge is 0.497 e. The Labute approximate surface area is 180 Å². The molecule has 1 N–H and O–H groups in total. The summed E-state index contributed by atoms with van der Waals surface area (Å²) in [4.78, 5) is 26.9. The lowest BCUT2D eigenvalue weighted by atomic mass is 10.1. The number of hydrogen-bond donors (Lipinski definition) is 1. The molecular formula is C24H22N2O3S. The number of nitrogens with zero attached hydrogens (tertiary/aromatic N) is 1. The summed E-state index contributed by atoms with van der Waals surface area (Å²) in [6.07, 6.45) is 0. The quantitative estimate of drug-likeness (QED) is 0.629. The molecule has 1 aliphatic rings. The molecule has 0 unspecified atom stereocenters. The first-order valence-corrected chi connectivity index (χ1v) is 10.7. The second-order valence-corrected chi connectivity index (χ2v) is 8.04. The highest BCUT2D eigenvalue weighted by atomic mass is 32.2. The standard InChI is InChI=1S/C24H22N2O3S/c1-29-21-13-11-20(12-14-21)25-23(28)18-7-9-19(10-8-18)24-26(22(27)16-30-24)15-17-5-3-2-4-6-17/h2-14,24H,15-16H2,1H3,(H,25,28)/t24-/m1/s1. The van der Waals surface area contributed by atoms with Gasteiger partial charge in [-0.2, -0.15) is 0 Å². The van der Waals surface area contributed by atoms with Gasteiger partial charge in [0.2, 0.25) is 5.91 Å². The van der Waals surface area contributed by atoms with E-state index in [1.54, 1.807) is 55.3 Å². The van der Waals surface area contributed by atoms with Gasteiger partial charge in [0.15, 0.2) is 0 Å². The Morgan fingerprint density at radius 3 is 2.40 bits per heavy atom. The number of thioether (sulfide) groups is 1. The van der Waals surface area contributed by atoms with Crippen molar-refractivity contribution in [3.05, 3.63) is 95.6 Å². The smallest absolute Gasteiger partial charge is 0.255 e. The van der Waals surface area contributed by atoms with Gasteiger partial charge in [-0.15, -0.1) is 11.8 Å². The number of nitrogens with one attached hydrogen (secondary N) is 1. The van der Waals surface area contributed by atoms with Crippen LogP contribution >= 0.6 is 11.8 Å². The molecule has 2 amide bonds. The summed E-state index contributed by atoms with van der Waals surface area (Å²) in [6, 6.07) is 24.6. The zero-order valence-electron chi connectivity index (χ0n) is 16.6. The number of carbonyl (C=O) groups is 2. The van der Waals surface area contributed by atoms with Gasteiger partial charge in [-0.05, 0) is 47.5 Å². The van der Waals surface area contributed by atoms with Crippen molar-refractivity contribution in [3.8, 4) is 5.75 Å². The first-order valence-electron chi connectivity index (χ1n) is 9.64. The molecule has 0 spiro atoms. The van der Waals surface area contributed by atoms with Gasteiger partial charge in [-0.1, -0.05) is 42.5 Å². The number of benzene rings is 3. The van der Waals surface area contributed by atoms with Crippen molar-refractivity contribution >= 4 is 29.3 Å². The third-order valence-electron chi connectivity index (χ3n) is 4.97. The van der Waals surface area contributed by atoms with E-state index in [0.29, 0.717) is 23.5 Å². The van der Waals surface area contributed by atoms with Gasteiger partial charge >= 0.3 is 0 Å². The van der Waals surface area contributed by atoms with Gasteiger partial charge in [0.25, 0.3) is 5.91 Å². The number of ether oxygens (including phenoxy) is 1. The molecule has 4 rings (SSSR count). The molecule has 3 aromatic rings. The zero-order valence-corrected chi connectivity index (χ0v) is 17.4. The van der Waals surface area contributed by atoms with Crippen molar-refractivity contribution in [2.75, 3.05) is 18.2 Å². The Kier molecular flexibility index (Phi) is 6.05. The lowest BCUT2D eigenvalue weighted by molar-refractivity contribution is -0.128. The summed E-state index contributed by atoms with van der Waals surface area (Å²) in [5.74, 6) is 1.16. The van der Waals surface area contributed by atoms with E-state index in [-0.39, 0.29) is 17.2 Å². The van der Waals surface area contributed by atoms with Gasteiger partial charge in [0.05, 0.1) is 12.9 Å². The van der Waals surface area contributed by atoms with Crippen LogP contribution in [-0.2, 0) is 11.3 Å². The highest BCUT2D eigenvalue weighted by Gasteiger charge is 2.32. The molecule has 1 saturated heterocycles. The zero-order chi connectivity index (χ0) is 20.9. The molecule has 5 nitrogen and oxygen atoms in total. The van der Waals surface area contributed by atoms with Gasteiger partial charge in [0.1, 0.15) is 11.1 Å². The van der Waals surface area contributed by atoms with Crippen molar-refractivity contribution in [1.29, 1.82) is 0 Å². The fourth-order valence-electron chi connectivity index (χ4n) is 3.36. The first-order chi connectivity index (χ1) is 14.6. The lowest BCUT2D eigenvalue weighted by Crippen LogP contribution is -2.27. The van der Waals surface area contributed by atoms with Crippen LogP contribution in [0.25, 0.3) is 0 Å². The predicted octanol–water partition coefficient (Wildman–Crippen LogP) is 4.72. The van der Waals surface area contributed by atoms with Crippen molar-refractivity contribution in [3.63, 3.8) is 0 Å². The third-order valence-corrected chi connectivity index (χ3v) is 6.23. The lowest BCUT2D eigenvalue weighted by Gasteiger charge is -2.24. The average Bonchev–Trinajstić information content (AvgIpc) is 3.15. The maximum atomic E-state index is 12.5. The number of carbonyl (C=O) groups excluding carboxylic acids is 2. The summed E-state index contributed by atoms with van der Waals surface area (Å²) in [7, 11) is 1.60. The van der Waals surface area contributed by atoms with Gasteiger partial charge in [-0.25, -0.2) is 0 Å². The van der Waals surface area contributed by atoms with E-state index >= 15 is 0 Å². The van der Waals surface area contributed by atoms with Crippen LogP contribution in [0.1, 0.15) is 26.9 Å². The van der Waals surface area contributed by atoms with Crippen LogP contribution in [0.15, 0.2) is 78.9 Å². The molecule has 0 saturated carbocycles. The molecule has 6 heteroatoms. The van der Waals surface area contributed by atoms with Crippen LogP contribution in [-0.4, -0.2) is 29.6 Å². The number of anilines is 1. The van der Waals surface area contributed by atoms with Crippen LogP contribution in [0.5, 0.6) is 5.75 Å². The highest BCUT2D eigenvalue weighted by Crippen LogP contribution is 2.39. The van der Waals surface area contributed by atoms with Crippen LogP contribution in [0.3, 0.4) is 0 Å². The summed E-state index contributed by atoms with van der Waals surface area (Å²) in [6.45, 7) is 0.580. The van der Waals surface area contributed by atoms with E-state index in [9.17, 15) is 9.59 Å². The Hall–Kier alpha value is -3.25. The molecule has 152 valence electrons. The molecule has 1 heterocycles. The Balaban J connectivity index is 1.45. The molecule has 30 heavy (non-hydrogen) atoms. The molecule has 1 aliphatic heterocycles. The van der Waals surface area contributed by atoms with Crippen LogP contribution in [0.4, 0.5) is 5.69 Å². The van der Waals surface area contributed by atoms with Gasteiger partial charge in [0, 0.05) is 17.8 Å². The molecule has 0 aliphatic carbocycles. The minimum atomic E-state index is -0.178. The van der Waals surface area contributed by atoms with Crippen LogP contribution < -0.4 is 10.1 Å². The molecule has 0 bridgehead atoms. The van der Waals surface area contributed by atoms with E-state index < -0.39 is 0 Å². The van der Waals surface area contributed by atoms with E-state index in [2.05, 4.69) is 5.32 Å². The monoisotopic (exact) mass is 418 g/mol. The number of methoxy groups -OCH3 is 1. The molecule has 0 aromatic heterocycles. The normalized spacial score (nSPS) is 15.8. The number of hydrogen-bond acceptors (Lipinski definition) is 4. The highest BCUT2D eigenvalue weighted by molar-refractivity contribution is 8.00. The van der Waals surface area contributed by atoms with E-state index in [0.717, 1.165) is 16.9 Å². The molecule has 0 radical (unpaired) electrons. The minimum Gasteiger partial charge on any atom is -0.497 e. The molecular weight excluding hydrogens is 396 g/mol. The van der Waals surface area contributed by atoms with E-state index in [1.807, 2.05) is 47.4 Å². The maximum Gasteiger partial charge on any atom is 0.255 e. The molecule has 1 fully saturated rings. The number of rotatable bonds is 6. The van der Waals surface area contributed by atoms with Crippen molar-refractivity contribution in [2.45, 2.75) is 11.9 Å². The van der Waals surface area contributed by atoms with Crippen molar-refractivity contribution < 1.29 is 14.3 Å². The van der Waals surface area contributed by atoms with Crippen molar-refractivity contribution in [2.24, 2.45) is 0 Å². The summed E-state index contributed by atoms with van der Waals surface area (Å²) >= 11 is 1.62. The first kappa shape index (κ1) is 20.0. The third kappa shape index (κ3) is 4.49. The SMILES string of the molecule is COc1ccc(NC(=O)c2ccc([C@H]3SCC(=O)N3Cc3ccccc3)cc2)cc1. The minimum absolute atomic E-state index is 0.0450. The van der Waals surface area contributed by atoms with Gasteiger partial charge in [-0.3, -0.25) is 9.59 Å². The fourth-order valence-corrected chi connectivity index (χ4v) is 4.55.